The highest BCUT2D eigenvalue weighted by Crippen LogP contribution is 2.30. The highest BCUT2D eigenvalue weighted by Gasteiger charge is 2.33. The van der Waals surface area contributed by atoms with Crippen LogP contribution in [0.3, 0.4) is 0 Å². The molecule has 2 rings (SSSR count). The molecule has 0 radical (unpaired) electrons. The summed E-state index contributed by atoms with van der Waals surface area (Å²) in [5.41, 5.74) is -0.107. The molecule has 1 aromatic carbocycles. The van der Waals surface area contributed by atoms with E-state index < -0.39 is 16.8 Å². The van der Waals surface area contributed by atoms with Gasteiger partial charge in [0.15, 0.2) is 5.82 Å². The normalized spacial score (nSPS) is 18.1. The number of benzene rings is 1. The van der Waals surface area contributed by atoms with Crippen LogP contribution in [0.2, 0.25) is 0 Å². The van der Waals surface area contributed by atoms with Crippen molar-refractivity contribution in [3.05, 3.63) is 34.1 Å². The number of esters is 1. The number of nitro benzene ring substituents is 1. The first-order valence-electron chi connectivity index (χ1n) is 6.41. The van der Waals surface area contributed by atoms with E-state index >= 15 is 0 Å². The van der Waals surface area contributed by atoms with Gasteiger partial charge < -0.3 is 9.64 Å². The molecular weight excluding hydrogens is 267 g/mol. The van der Waals surface area contributed by atoms with Crippen LogP contribution in [-0.2, 0) is 9.53 Å². The van der Waals surface area contributed by atoms with Crippen molar-refractivity contribution in [2.75, 3.05) is 18.1 Å². The van der Waals surface area contributed by atoms with Gasteiger partial charge in [0, 0.05) is 12.6 Å². The summed E-state index contributed by atoms with van der Waals surface area (Å²) in [7, 11) is 0. The Morgan fingerprint density at radius 1 is 1.60 bits per heavy atom. The number of carbonyl (C=O) groups excluding carboxylic acids is 1. The first-order valence-corrected chi connectivity index (χ1v) is 6.41. The zero-order chi connectivity index (χ0) is 14.7. The molecule has 0 bridgehead atoms. The van der Waals surface area contributed by atoms with Crippen molar-refractivity contribution in [3.63, 3.8) is 0 Å². The van der Waals surface area contributed by atoms with E-state index in [1.54, 1.807) is 11.8 Å². The smallest absolute Gasteiger partial charge is 0.328 e. The van der Waals surface area contributed by atoms with Crippen LogP contribution in [0.1, 0.15) is 19.8 Å². The van der Waals surface area contributed by atoms with Gasteiger partial charge in [-0.15, -0.1) is 0 Å². The van der Waals surface area contributed by atoms with Crippen LogP contribution in [0.25, 0.3) is 0 Å². The third-order valence-corrected chi connectivity index (χ3v) is 3.26. The van der Waals surface area contributed by atoms with Crippen LogP contribution < -0.4 is 4.90 Å². The Hall–Kier alpha value is -2.18. The minimum absolute atomic E-state index is 0.200. The molecule has 0 saturated carbocycles. The van der Waals surface area contributed by atoms with Gasteiger partial charge in [0.1, 0.15) is 6.04 Å². The number of halogens is 1. The van der Waals surface area contributed by atoms with Gasteiger partial charge in [0.2, 0.25) is 0 Å². The van der Waals surface area contributed by atoms with E-state index in [1.165, 1.54) is 12.1 Å². The lowest BCUT2D eigenvalue weighted by atomic mass is 10.2. The number of ether oxygens (including phenoxy) is 1. The maximum absolute atomic E-state index is 14.0. The number of hydrogen-bond acceptors (Lipinski definition) is 5. The number of rotatable bonds is 4. The number of nitrogens with zero attached hydrogens (tertiary/aromatic N) is 2. The van der Waals surface area contributed by atoms with Gasteiger partial charge in [-0.3, -0.25) is 10.1 Å². The summed E-state index contributed by atoms with van der Waals surface area (Å²) < 4.78 is 19.0. The highest BCUT2D eigenvalue weighted by atomic mass is 19.1. The molecule has 0 aromatic heterocycles. The van der Waals surface area contributed by atoms with Crippen molar-refractivity contribution in [2.24, 2.45) is 0 Å². The second-order valence-electron chi connectivity index (χ2n) is 4.50. The molecule has 20 heavy (non-hydrogen) atoms. The fraction of sp³-hybridized carbons (Fsp3) is 0.462. The quantitative estimate of drug-likeness (QED) is 0.481. The predicted molar refractivity (Wildman–Crippen MR) is 70.1 cm³/mol. The van der Waals surface area contributed by atoms with E-state index in [1.807, 2.05) is 0 Å². The van der Waals surface area contributed by atoms with Crippen LogP contribution in [-0.4, -0.2) is 30.1 Å². The van der Waals surface area contributed by atoms with E-state index in [-0.39, 0.29) is 24.0 Å². The van der Waals surface area contributed by atoms with Crippen LogP contribution in [0.15, 0.2) is 18.2 Å². The Kier molecular flexibility index (Phi) is 4.16. The van der Waals surface area contributed by atoms with E-state index in [0.717, 1.165) is 12.5 Å². The first-order chi connectivity index (χ1) is 9.54. The van der Waals surface area contributed by atoms with Gasteiger partial charge in [0.25, 0.3) is 5.69 Å². The van der Waals surface area contributed by atoms with Crippen LogP contribution in [0.4, 0.5) is 15.8 Å². The summed E-state index contributed by atoms with van der Waals surface area (Å²) in [4.78, 5) is 23.4. The maximum Gasteiger partial charge on any atom is 0.328 e. The largest absolute Gasteiger partial charge is 0.464 e. The Balaban J connectivity index is 2.26. The van der Waals surface area contributed by atoms with Gasteiger partial charge in [-0.25, -0.2) is 9.18 Å². The third-order valence-electron chi connectivity index (χ3n) is 3.26. The molecule has 7 heteroatoms. The van der Waals surface area contributed by atoms with Gasteiger partial charge in [-0.05, 0) is 25.8 Å². The topological polar surface area (TPSA) is 72.7 Å². The number of anilines is 1. The van der Waals surface area contributed by atoms with Gasteiger partial charge >= 0.3 is 5.97 Å². The summed E-state index contributed by atoms with van der Waals surface area (Å²) in [6.45, 7) is 2.51. The average molecular weight is 282 g/mol. The Morgan fingerprint density at radius 2 is 2.35 bits per heavy atom. The molecule has 0 aliphatic carbocycles. The highest BCUT2D eigenvalue weighted by molar-refractivity contribution is 5.81. The van der Waals surface area contributed by atoms with E-state index in [0.29, 0.717) is 13.0 Å². The SMILES string of the molecule is CCOC(=O)C1CCCN1c1ccc([N+](=O)[O-])cc1F. The molecule has 1 aliphatic rings. The van der Waals surface area contributed by atoms with E-state index in [4.69, 9.17) is 4.74 Å². The lowest BCUT2D eigenvalue weighted by Gasteiger charge is -2.25. The van der Waals surface area contributed by atoms with E-state index in [2.05, 4.69) is 0 Å². The molecule has 0 spiro atoms. The second-order valence-corrected chi connectivity index (χ2v) is 4.50. The minimum atomic E-state index is -0.699. The summed E-state index contributed by atoms with van der Waals surface area (Å²) >= 11 is 0. The zero-order valence-corrected chi connectivity index (χ0v) is 11.0. The first kappa shape index (κ1) is 14.2. The zero-order valence-electron chi connectivity index (χ0n) is 11.0. The molecule has 0 amide bonds. The van der Waals surface area contributed by atoms with Crippen molar-refractivity contribution >= 4 is 17.3 Å². The average Bonchev–Trinajstić information content (AvgIpc) is 2.87. The Bertz CT molecular complexity index is 535. The molecule has 1 saturated heterocycles. The van der Waals surface area contributed by atoms with Gasteiger partial charge in [-0.2, -0.15) is 0 Å². The lowest BCUT2D eigenvalue weighted by molar-refractivity contribution is -0.385. The molecule has 1 aliphatic heterocycles. The second kappa shape index (κ2) is 5.85. The Labute approximate surface area is 115 Å². The predicted octanol–water partition coefficient (Wildman–Crippen LogP) is 2.27. The van der Waals surface area contributed by atoms with E-state index in [9.17, 15) is 19.3 Å². The van der Waals surface area contributed by atoms with Crippen LogP contribution in [0.5, 0.6) is 0 Å². The van der Waals surface area contributed by atoms with Gasteiger partial charge in [0.05, 0.1) is 23.3 Å². The summed E-state index contributed by atoms with van der Waals surface area (Å²) in [5, 5.41) is 10.6. The molecule has 1 heterocycles. The Morgan fingerprint density at radius 3 is 2.95 bits per heavy atom. The van der Waals surface area contributed by atoms with Crippen LogP contribution >= 0.6 is 0 Å². The molecule has 6 nitrogen and oxygen atoms in total. The fourth-order valence-electron chi connectivity index (χ4n) is 2.38. The molecule has 1 aromatic rings. The maximum atomic E-state index is 14.0. The summed E-state index contributed by atoms with van der Waals surface area (Å²) in [6.07, 6.45) is 1.34. The van der Waals surface area contributed by atoms with Crippen molar-refractivity contribution < 1.29 is 18.8 Å². The molecule has 108 valence electrons. The fourth-order valence-corrected chi connectivity index (χ4v) is 2.38. The van der Waals surface area contributed by atoms with Crippen LogP contribution in [0, 0.1) is 15.9 Å². The molecule has 1 fully saturated rings. The lowest BCUT2D eigenvalue weighted by Crippen LogP contribution is -2.37. The van der Waals surface area contributed by atoms with Crippen molar-refractivity contribution in [1.29, 1.82) is 0 Å². The number of non-ortho nitro benzene ring substituents is 1. The standard InChI is InChI=1S/C13H15FN2O4/c1-2-20-13(17)12-4-3-7-15(12)11-6-5-9(16(18)19)8-10(11)14/h5-6,8,12H,2-4,7H2,1H3. The summed E-state index contributed by atoms with van der Waals surface area (Å²) in [6, 6.07) is 2.92. The molecular formula is C13H15FN2O4. The van der Waals surface area contributed by atoms with Crippen molar-refractivity contribution in [3.8, 4) is 0 Å². The molecule has 1 unspecified atom stereocenters. The minimum Gasteiger partial charge on any atom is -0.464 e. The third kappa shape index (κ3) is 2.71. The number of hydrogen-bond donors (Lipinski definition) is 0. The number of nitro groups is 1. The molecule has 0 N–H and O–H groups in total. The van der Waals surface area contributed by atoms with Gasteiger partial charge in [-0.1, -0.05) is 0 Å². The summed E-state index contributed by atoms with van der Waals surface area (Å²) in [5.74, 6) is -1.09. The van der Waals surface area contributed by atoms with Crippen molar-refractivity contribution in [1.82, 2.24) is 0 Å². The molecule has 1 atom stereocenters. The number of carbonyl (C=O) groups is 1. The monoisotopic (exact) mass is 282 g/mol. The van der Waals surface area contributed by atoms with Crippen molar-refractivity contribution in [2.45, 2.75) is 25.8 Å².